The van der Waals surface area contributed by atoms with Gasteiger partial charge in [-0.05, 0) is 14.0 Å². The van der Waals surface area contributed by atoms with E-state index in [2.05, 4.69) is 27.1 Å². The fraction of sp³-hybridized carbons (Fsp3) is 0.941. The first-order valence-corrected chi connectivity index (χ1v) is 9.33. The van der Waals surface area contributed by atoms with E-state index in [4.69, 9.17) is 14.6 Å². The summed E-state index contributed by atoms with van der Waals surface area (Å²) in [6.45, 7) is 14.9. The van der Waals surface area contributed by atoms with Crippen molar-refractivity contribution >= 4 is 5.97 Å². The van der Waals surface area contributed by atoms with Crippen LogP contribution in [0.1, 0.15) is 6.92 Å². The van der Waals surface area contributed by atoms with Gasteiger partial charge in [0.2, 0.25) is 0 Å². The number of carboxylic acid groups (broad SMARTS) is 1. The molecule has 0 aliphatic carbocycles. The zero-order valence-electron chi connectivity index (χ0n) is 15.9. The predicted molar refractivity (Wildman–Crippen MR) is 98.2 cm³/mol. The lowest BCUT2D eigenvalue weighted by atomic mass is 10.3. The highest BCUT2D eigenvalue weighted by atomic mass is 16.5. The van der Waals surface area contributed by atoms with E-state index in [1.807, 2.05) is 6.92 Å². The Kier molecular flexibility index (Phi) is 12.8. The van der Waals surface area contributed by atoms with Crippen LogP contribution in [0.4, 0.5) is 0 Å². The first-order valence-electron chi connectivity index (χ1n) is 9.33. The number of hydrogen-bond acceptors (Lipinski definition) is 7. The van der Waals surface area contributed by atoms with Gasteiger partial charge in [0, 0.05) is 72.1 Å². The molecule has 2 N–H and O–H groups in total. The third kappa shape index (κ3) is 12.3. The maximum atomic E-state index is 10.1. The van der Waals surface area contributed by atoms with E-state index in [-0.39, 0.29) is 6.61 Å². The molecule has 2 aliphatic heterocycles. The van der Waals surface area contributed by atoms with Crippen LogP contribution < -0.4 is 5.32 Å². The number of rotatable bonds is 9. The van der Waals surface area contributed by atoms with Crippen molar-refractivity contribution in [3.05, 3.63) is 0 Å². The lowest BCUT2D eigenvalue weighted by molar-refractivity contribution is -0.142. The molecular formula is C17H36N4O4. The Bertz CT molecular complexity index is 333. The van der Waals surface area contributed by atoms with E-state index in [0.29, 0.717) is 6.61 Å². The van der Waals surface area contributed by atoms with E-state index in [9.17, 15) is 4.79 Å². The van der Waals surface area contributed by atoms with Crippen molar-refractivity contribution < 1.29 is 19.4 Å². The van der Waals surface area contributed by atoms with Gasteiger partial charge in [-0.15, -0.1) is 0 Å². The van der Waals surface area contributed by atoms with Crippen LogP contribution in [-0.4, -0.2) is 125 Å². The number of hydrogen-bond donors (Lipinski definition) is 2. The zero-order chi connectivity index (χ0) is 18.3. The Morgan fingerprint density at radius 1 is 0.960 bits per heavy atom. The van der Waals surface area contributed by atoms with Gasteiger partial charge in [-0.25, -0.2) is 4.79 Å². The summed E-state index contributed by atoms with van der Waals surface area (Å²) < 4.78 is 10.2. The summed E-state index contributed by atoms with van der Waals surface area (Å²) in [7, 11) is 2.18. The molecule has 2 heterocycles. The molecule has 2 fully saturated rings. The minimum Gasteiger partial charge on any atom is -0.480 e. The smallest absolute Gasteiger partial charge is 0.329 e. The molecule has 0 atom stereocenters. The van der Waals surface area contributed by atoms with E-state index in [0.717, 1.165) is 52.5 Å². The maximum Gasteiger partial charge on any atom is 0.329 e. The van der Waals surface area contributed by atoms with Crippen LogP contribution >= 0.6 is 0 Å². The molecular weight excluding hydrogens is 324 g/mol. The fourth-order valence-corrected chi connectivity index (χ4v) is 2.70. The molecule has 148 valence electrons. The third-order valence-corrected chi connectivity index (χ3v) is 4.34. The molecule has 8 nitrogen and oxygen atoms in total. The molecule has 0 saturated carbocycles. The molecule has 25 heavy (non-hydrogen) atoms. The maximum absolute atomic E-state index is 10.1. The molecule has 8 heteroatoms. The number of likely N-dealkylation sites (N-methyl/N-ethyl adjacent to an activating group) is 1. The molecule has 0 amide bonds. The largest absolute Gasteiger partial charge is 0.480 e. The predicted octanol–water partition coefficient (Wildman–Crippen LogP) is -0.737. The van der Waals surface area contributed by atoms with Crippen molar-refractivity contribution in [2.75, 3.05) is 98.9 Å². The SMILES string of the molecule is CCOCCN1CCN(C)CC1.O=C(O)COCCN1CCNCC1. The first-order chi connectivity index (χ1) is 12.1. The number of nitrogens with zero attached hydrogens (tertiary/aromatic N) is 3. The summed E-state index contributed by atoms with van der Waals surface area (Å²) in [5.41, 5.74) is 0. The summed E-state index contributed by atoms with van der Waals surface area (Å²) in [6.07, 6.45) is 0. The van der Waals surface area contributed by atoms with Gasteiger partial charge in [-0.2, -0.15) is 0 Å². The molecule has 0 aromatic heterocycles. The second kappa shape index (κ2) is 14.4. The number of piperazine rings is 2. The van der Waals surface area contributed by atoms with E-state index < -0.39 is 5.97 Å². The monoisotopic (exact) mass is 360 g/mol. The van der Waals surface area contributed by atoms with Crippen molar-refractivity contribution in [1.29, 1.82) is 0 Å². The average Bonchev–Trinajstić information content (AvgIpc) is 2.62. The van der Waals surface area contributed by atoms with Crippen molar-refractivity contribution in [3.8, 4) is 0 Å². The highest BCUT2D eigenvalue weighted by Crippen LogP contribution is 1.98. The van der Waals surface area contributed by atoms with Crippen molar-refractivity contribution in [2.45, 2.75) is 6.92 Å². The summed E-state index contributed by atoms with van der Waals surface area (Å²) in [4.78, 5) is 17.2. The van der Waals surface area contributed by atoms with E-state index in [1.165, 1.54) is 26.2 Å². The summed E-state index contributed by atoms with van der Waals surface area (Å²) in [5, 5.41) is 11.5. The van der Waals surface area contributed by atoms with Gasteiger partial charge in [-0.1, -0.05) is 0 Å². The minimum absolute atomic E-state index is 0.188. The van der Waals surface area contributed by atoms with Gasteiger partial charge >= 0.3 is 5.97 Å². The molecule has 2 aliphatic rings. The lowest BCUT2D eigenvalue weighted by Crippen LogP contribution is -2.45. The summed E-state index contributed by atoms with van der Waals surface area (Å²) in [6, 6.07) is 0. The number of ether oxygens (including phenoxy) is 2. The van der Waals surface area contributed by atoms with Gasteiger partial charge < -0.3 is 24.8 Å². The van der Waals surface area contributed by atoms with Crippen LogP contribution in [-0.2, 0) is 14.3 Å². The van der Waals surface area contributed by atoms with Crippen LogP contribution in [0.3, 0.4) is 0 Å². The molecule has 0 unspecified atom stereocenters. The minimum atomic E-state index is -0.902. The van der Waals surface area contributed by atoms with Crippen LogP contribution in [0.5, 0.6) is 0 Å². The highest BCUT2D eigenvalue weighted by molar-refractivity contribution is 5.67. The number of aliphatic carboxylic acids is 1. The Morgan fingerprint density at radius 2 is 1.52 bits per heavy atom. The number of nitrogens with one attached hydrogen (secondary N) is 1. The quantitative estimate of drug-likeness (QED) is 0.521. The molecule has 2 saturated heterocycles. The van der Waals surface area contributed by atoms with Crippen molar-refractivity contribution in [1.82, 2.24) is 20.0 Å². The fourth-order valence-electron chi connectivity index (χ4n) is 2.70. The molecule has 0 spiro atoms. The Morgan fingerprint density at radius 3 is 2.08 bits per heavy atom. The second-order valence-corrected chi connectivity index (χ2v) is 6.38. The van der Waals surface area contributed by atoms with Crippen molar-refractivity contribution in [3.63, 3.8) is 0 Å². The lowest BCUT2D eigenvalue weighted by Gasteiger charge is -2.32. The van der Waals surface area contributed by atoms with Gasteiger partial charge in [0.25, 0.3) is 0 Å². The van der Waals surface area contributed by atoms with Crippen LogP contribution in [0.2, 0.25) is 0 Å². The average molecular weight is 360 g/mol. The van der Waals surface area contributed by atoms with Gasteiger partial charge in [0.05, 0.1) is 13.2 Å². The number of carbonyl (C=O) groups is 1. The van der Waals surface area contributed by atoms with E-state index >= 15 is 0 Å². The summed E-state index contributed by atoms with van der Waals surface area (Å²) >= 11 is 0. The van der Waals surface area contributed by atoms with E-state index in [1.54, 1.807) is 0 Å². The van der Waals surface area contributed by atoms with Crippen LogP contribution in [0, 0.1) is 0 Å². The highest BCUT2D eigenvalue weighted by Gasteiger charge is 2.12. The standard InChI is InChI=1S/C9H20N2O.C8H16N2O3/c1-3-12-9-8-11-6-4-10(2)5-7-11;11-8(12)7-13-6-5-10-3-1-9-2-4-10/h3-9H2,1-2H3;9H,1-7H2,(H,11,12). The molecule has 0 aromatic rings. The van der Waals surface area contributed by atoms with Crippen LogP contribution in [0.25, 0.3) is 0 Å². The number of carboxylic acids is 1. The van der Waals surface area contributed by atoms with Gasteiger partial charge in [-0.3, -0.25) is 9.80 Å². The van der Waals surface area contributed by atoms with Crippen LogP contribution in [0.15, 0.2) is 0 Å². The third-order valence-electron chi connectivity index (χ3n) is 4.34. The summed E-state index contributed by atoms with van der Waals surface area (Å²) in [5.74, 6) is -0.902. The first kappa shape index (κ1) is 22.3. The normalized spacial score (nSPS) is 20.1. The zero-order valence-corrected chi connectivity index (χ0v) is 15.9. The molecule has 0 radical (unpaired) electrons. The molecule has 0 bridgehead atoms. The van der Waals surface area contributed by atoms with Crippen molar-refractivity contribution in [2.24, 2.45) is 0 Å². The topological polar surface area (TPSA) is 77.5 Å². The van der Waals surface area contributed by atoms with Gasteiger partial charge in [0.1, 0.15) is 6.61 Å². The molecule has 0 aromatic carbocycles. The Labute approximate surface area is 152 Å². The molecule has 2 rings (SSSR count). The second-order valence-electron chi connectivity index (χ2n) is 6.38. The Hall–Kier alpha value is -0.770. The Balaban J connectivity index is 0.000000251. The van der Waals surface area contributed by atoms with Gasteiger partial charge in [0.15, 0.2) is 0 Å².